The zero-order valence-corrected chi connectivity index (χ0v) is 7.69. The fourth-order valence-corrected chi connectivity index (χ4v) is 3.60. The minimum absolute atomic E-state index is 0.0402. The topological polar surface area (TPSA) is 46.5 Å². The molecule has 1 aliphatic heterocycles. The molecule has 3 nitrogen and oxygen atoms in total. The molecular weight excluding hydrogens is 168 g/mol. The summed E-state index contributed by atoms with van der Waals surface area (Å²) in [5.74, 6) is 0.644. The van der Waals surface area contributed by atoms with Crippen LogP contribution in [0.2, 0.25) is 0 Å². The lowest BCUT2D eigenvalue weighted by atomic mass is 9.73. The number of carbonyl (C=O) groups excluding carboxylic acids is 1. The first kappa shape index (κ1) is 7.80. The molecule has 0 aromatic rings. The maximum Gasteiger partial charge on any atom is 0.306 e. The smallest absolute Gasteiger partial charge is 0.306 e. The Bertz CT molecular complexity index is 275. The van der Waals surface area contributed by atoms with Crippen LogP contribution < -0.4 is 0 Å². The number of rotatable bonds is 0. The van der Waals surface area contributed by atoms with Crippen LogP contribution in [-0.2, 0) is 9.53 Å². The van der Waals surface area contributed by atoms with E-state index < -0.39 is 0 Å². The van der Waals surface area contributed by atoms with Gasteiger partial charge in [0.25, 0.3) is 0 Å². The summed E-state index contributed by atoms with van der Waals surface area (Å²) in [5, 5.41) is 9.85. The standard InChI is InChI=1S/C10H14O3/c1-10-4-5(2-7(10)11)9-6(10)3-8(12)13-9/h5-7,9,11H,2-4H2,1H3. The van der Waals surface area contributed by atoms with Crippen molar-refractivity contribution in [1.29, 1.82) is 0 Å². The molecule has 5 unspecified atom stereocenters. The van der Waals surface area contributed by atoms with Gasteiger partial charge in [0.05, 0.1) is 12.5 Å². The van der Waals surface area contributed by atoms with E-state index >= 15 is 0 Å². The Balaban J connectivity index is 1.98. The van der Waals surface area contributed by atoms with Crippen LogP contribution >= 0.6 is 0 Å². The molecule has 3 aliphatic rings. The molecule has 0 spiro atoms. The van der Waals surface area contributed by atoms with Crippen molar-refractivity contribution in [1.82, 2.24) is 0 Å². The van der Waals surface area contributed by atoms with Crippen LogP contribution in [0.3, 0.4) is 0 Å². The number of aliphatic hydroxyl groups excluding tert-OH is 1. The second kappa shape index (κ2) is 2.08. The number of esters is 1. The number of fused-ring (bicyclic) bond motifs is 5. The Kier molecular flexibility index (Phi) is 1.25. The number of hydrogen-bond donors (Lipinski definition) is 1. The molecule has 3 fully saturated rings. The van der Waals surface area contributed by atoms with Crippen molar-refractivity contribution in [2.75, 3.05) is 0 Å². The Labute approximate surface area is 77.1 Å². The summed E-state index contributed by atoms with van der Waals surface area (Å²) >= 11 is 0. The van der Waals surface area contributed by atoms with Gasteiger partial charge in [-0.3, -0.25) is 4.79 Å². The van der Waals surface area contributed by atoms with Gasteiger partial charge in [0, 0.05) is 11.3 Å². The third kappa shape index (κ3) is 0.766. The van der Waals surface area contributed by atoms with Crippen LogP contribution in [0.1, 0.15) is 26.2 Å². The fraction of sp³-hybridized carbons (Fsp3) is 0.900. The van der Waals surface area contributed by atoms with Crippen molar-refractivity contribution in [3.8, 4) is 0 Å². The molecule has 72 valence electrons. The van der Waals surface area contributed by atoms with Gasteiger partial charge >= 0.3 is 5.97 Å². The first-order valence-electron chi connectivity index (χ1n) is 4.99. The zero-order valence-electron chi connectivity index (χ0n) is 7.69. The summed E-state index contributed by atoms with van der Waals surface area (Å²) in [6, 6.07) is 0. The molecule has 1 heterocycles. The zero-order chi connectivity index (χ0) is 9.22. The van der Waals surface area contributed by atoms with E-state index in [1.165, 1.54) is 0 Å². The molecule has 0 aromatic carbocycles. The highest BCUT2D eigenvalue weighted by Gasteiger charge is 2.64. The molecule has 0 radical (unpaired) electrons. The normalized spacial score (nSPS) is 58.2. The third-order valence-corrected chi connectivity index (χ3v) is 4.35. The molecule has 5 atom stereocenters. The molecule has 3 rings (SSSR count). The summed E-state index contributed by atoms with van der Waals surface area (Å²) in [5.41, 5.74) is -0.0402. The SMILES string of the molecule is CC12CC(CC1O)C1OC(=O)CC12. The molecule has 13 heavy (non-hydrogen) atoms. The Morgan fingerprint density at radius 1 is 1.62 bits per heavy atom. The van der Waals surface area contributed by atoms with E-state index in [9.17, 15) is 9.90 Å². The van der Waals surface area contributed by atoms with Gasteiger partial charge in [-0.15, -0.1) is 0 Å². The molecule has 1 saturated heterocycles. The Morgan fingerprint density at radius 3 is 3.15 bits per heavy atom. The van der Waals surface area contributed by atoms with E-state index in [2.05, 4.69) is 6.92 Å². The lowest BCUT2D eigenvalue weighted by Crippen LogP contribution is -2.39. The third-order valence-electron chi connectivity index (χ3n) is 4.35. The average Bonchev–Trinajstić information content (AvgIpc) is 2.60. The number of ether oxygens (including phenoxy) is 1. The van der Waals surface area contributed by atoms with Crippen molar-refractivity contribution in [2.24, 2.45) is 17.3 Å². The minimum Gasteiger partial charge on any atom is -0.462 e. The van der Waals surface area contributed by atoms with Gasteiger partial charge in [0.15, 0.2) is 0 Å². The number of hydrogen-bond acceptors (Lipinski definition) is 3. The molecule has 1 N–H and O–H groups in total. The predicted molar refractivity (Wildman–Crippen MR) is 44.8 cm³/mol. The van der Waals surface area contributed by atoms with Crippen molar-refractivity contribution >= 4 is 5.97 Å². The number of carbonyl (C=O) groups is 1. The minimum atomic E-state index is -0.215. The van der Waals surface area contributed by atoms with E-state index in [1.54, 1.807) is 0 Å². The summed E-state index contributed by atoms with van der Waals surface area (Å²) in [7, 11) is 0. The molecule has 2 bridgehead atoms. The highest BCUT2D eigenvalue weighted by molar-refractivity contribution is 5.72. The van der Waals surface area contributed by atoms with Gasteiger partial charge in [-0.1, -0.05) is 6.92 Å². The molecule has 3 heteroatoms. The fourth-order valence-electron chi connectivity index (χ4n) is 3.60. The van der Waals surface area contributed by atoms with Gasteiger partial charge in [-0.05, 0) is 18.8 Å². The summed E-state index contributed by atoms with van der Waals surface area (Å²) in [6.07, 6.45) is 2.30. The van der Waals surface area contributed by atoms with E-state index in [-0.39, 0.29) is 29.5 Å². The van der Waals surface area contributed by atoms with Gasteiger partial charge in [0.1, 0.15) is 6.10 Å². The molecule has 2 aliphatic carbocycles. The van der Waals surface area contributed by atoms with Crippen molar-refractivity contribution in [3.63, 3.8) is 0 Å². The van der Waals surface area contributed by atoms with E-state index in [1.807, 2.05) is 0 Å². The highest BCUT2D eigenvalue weighted by Crippen LogP contribution is 2.61. The van der Waals surface area contributed by atoms with Gasteiger partial charge in [0.2, 0.25) is 0 Å². The largest absolute Gasteiger partial charge is 0.462 e. The predicted octanol–water partition coefficient (Wildman–Crippen LogP) is 0.709. The van der Waals surface area contributed by atoms with Crippen LogP contribution in [0.25, 0.3) is 0 Å². The van der Waals surface area contributed by atoms with Crippen LogP contribution in [0.5, 0.6) is 0 Å². The van der Waals surface area contributed by atoms with Gasteiger partial charge in [-0.2, -0.15) is 0 Å². The lowest BCUT2D eigenvalue weighted by molar-refractivity contribution is -0.143. The first-order chi connectivity index (χ1) is 6.11. The van der Waals surface area contributed by atoms with Crippen molar-refractivity contribution in [2.45, 2.75) is 38.4 Å². The summed E-state index contributed by atoms with van der Waals surface area (Å²) in [6.45, 7) is 2.10. The molecule has 0 aromatic heterocycles. The second-order valence-corrected chi connectivity index (χ2v) is 4.99. The van der Waals surface area contributed by atoms with Gasteiger partial charge < -0.3 is 9.84 Å². The van der Waals surface area contributed by atoms with E-state index in [0.717, 1.165) is 12.8 Å². The first-order valence-corrected chi connectivity index (χ1v) is 4.99. The van der Waals surface area contributed by atoms with Crippen LogP contribution in [0.4, 0.5) is 0 Å². The molecule has 2 saturated carbocycles. The molecule has 0 amide bonds. The second-order valence-electron chi connectivity index (χ2n) is 4.99. The van der Waals surface area contributed by atoms with Crippen molar-refractivity contribution in [3.05, 3.63) is 0 Å². The van der Waals surface area contributed by atoms with Gasteiger partial charge in [-0.25, -0.2) is 0 Å². The Hall–Kier alpha value is -0.570. The average molecular weight is 182 g/mol. The monoisotopic (exact) mass is 182 g/mol. The van der Waals surface area contributed by atoms with Crippen LogP contribution in [0, 0.1) is 17.3 Å². The Morgan fingerprint density at radius 2 is 2.38 bits per heavy atom. The van der Waals surface area contributed by atoms with E-state index in [4.69, 9.17) is 4.74 Å². The maximum absolute atomic E-state index is 11.1. The maximum atomic E-state index is 11.1. The summed E-state index contributed by atoms with van der Waals surface area (Å²) in [4.78, 5) is 11.1. The van der Waals surface area contributed by atoms with Crippen molar-refractivity contribution < 1.29 is 14.6 Å². The quantitative estimate of drug-likeness (QED) is 0.561. The number of aliphatic hydroxyl groups is 1. The molecular formula is C10H14O3. The summed E-state index contributed by atoms with van der Waals surface area (Å²) < 4.78 is 5.28. The van der Waals surface area contributed by atoms with E-state index in [0.29, 0.717) is 12.3 Å². The highest BCUT2D eigenvalue weighted by atomic mass is 16.6. The van der Waals surface area contributed by atoms with Crippen LogP contribution in [-0.4, -0.2) is 23.3 Å². The lowest BCUT2D eigenvalue weighted by Gasteiger charge is -2.34. The van der Waals surface area contributed by atoms with Crippen LogP contribution in [0.15, 0.2) is 0 Å².